The van der Waals surface area contributed by atoms with Crippen molar-refractivity contribution in [2.45, 2.75) is 43.6 Å². The number of aliphatic hydroxyl groups is 4. The third-order valence-corrected chi connectivity index (χ3v) is 3.05. The summed E-state index contributed by atoms with van der Waals surface area (Å²) in [6.45, 7) is 1.44. The maximum atomic E-state index is 9.66. The molecule has 0 bridgehead atoms. The summed E-state index contributed by atoms with van der Waals surface area (Å²) < 4.78 is 5.20. The molecule has 0 amide bonds. The summed E-state index contributed by atoms with van der Waals surface area (Å²) in [5.74, 6) is 0. The van der Waals surface area contributed by atoms with Crippen molar-refractivity contribution in [2.75, 3.05) is 26.4 Å². The minimum atomic E-state index is -1.23. The highest BCUT2D eigenvalue weighted by Gasteiger charge is 2.25. The minimum absolute atomic E-state index is 0.0650. The molecule has 0 radical (unpaired) electrons. The molecular weight excluding hydrogens is 226 g/mol. The summed E-state index contributed by atoms with van der Waals surface area (Å²) >= 11 is 0. The maximum absolute atomic E-state index is 9.66. The van der Waals surface area contributed by atoms with E-state index in [-0.39, 0.29) is 19.6 Å². The SMILES string of the molecule is OCCC(O)C(O)C(O)CNC1CCOCC1. The summed E-state index contributed by atoms with van der Waals surface area (Å²) in [5, 5.41) is 40.4. The van der Waals surface area contributed by atoms with Crippen LogP contribution in [0, 0.1) is 0 Å². The Hall–Kier alpha value is -0.240. The molecule has 5 N–H and O–H groups in total. The highest BCUT2D eigenvalue weighted by atomic mass is 16.5. The van der Waals surface area contributed by atoms with Gasteiger partial charge in [0.05, 0.1) is 12.2 Å². The van der Waals surface area contributed by atoms with E-state index in [9.17, 15) is 15.3 Å². The van der Waals surface area contributed by atoms with E-state index < -0.39 is 18.3 Å². The molecule has 1 saturated heterocycles. The van der Waals surface area contributed by atoms with E-state index in [1.54, 1.807) is 0 Å². The van der Waals surface area contributed by atoms with Crippen LogP contribution in [0.15, 0.2) is 0 Å². The molecule has 0 aromatic rings. The van der Waals surface area contributed by atoms with Crippen LogP contribution in [0.25, 0.3) is 0 Å². The van der Waals surface area contributed by atoms with E-state index >= 15 is 0 Å². The second-order valence-electron chi connectivity index (χ2n) is 4.43. The van der Waals surface area contributed by atoms with Crippen molar-refractivity contribution in [1.29, 1.82) is 0 Å². The van der Waals surface area contributed by atoms with E-state index in [1.807, 2.05) is 0 Å². The van der Waals surface area contributed by atoms with Crippen molar-refractivity contribution >= 4 is 0 Å². The summed E-state index contributed by atoms with van der Waals surface area (Å²) in [4.78, 5) is 0. The number of hydrogen-bond acceptors (Lipinski definition) is 6. The molecule has 6 heteroatoms. The fourth-order valence-corrected chi connectivity index (χ4v) is 1.87. The first-order chi connectivity index (χ1) is 8.15. The Balaban J connectivity index is 2.20. The average Bonchev–Trinajstić information content (AvgIpc) is 2.36. The zero-order valence-corrected chi connectivity index (χ0v) is 9.96. The molecule has 0 aromatic carbocycles. The third-order valence-electron chi connectivity index (χ3n) is 3.05. The van der Waals surface area contributed by atoms with Gasteiger partial charge in [-0.1, -0.05) is 0 Å². The highest BCUT2D eigenvalue weighted by molar-refractivity contribution is 4.79. The molecule has 1 aliphatic heterocycles. The highest BCUT2D eigenvalue weighted by Crippen LogP contribution is 2.08. The Morgan fingerprint density at radius 2 is 1.76 bits per heavy atom. The lowest BCUT2D eigenvalue weighted by Crippen LogP contribution is -2.46. The van der Waals surface area contributed by atoms with Crippen molar-refractivity contribution in [2.24, 2.45) is 0 Å². The van der Waals surface area contributed by atoms with Gasteiger partial charge >= 0.3 is 0 Å². The van der Waals surface area contributed by atoms with E-state index in [4.69, 9.17) is 9.84 Å². The van der Waals surface area contributed by atoms with Gasteiger partial charge in [0.15, 0.2) is 0 Å². The predicted molar refractivity (Wildman–Crippen MR) is 61.6 cm³/mol. The number of ether oxygens (including phenoxy) is 1. The second kappa shape index (κ2) is 7.97. The van der Waals surface area contributed by atoms with Gasteiger partial charge in [0.25, 0.3) is 0 Å². The molecule has 0 spiro atoms. The summed E-state index contributed by atoms with van der Waals surface area (Å²) in [6, 6.07) is 0.292. The van der Waals surface area contributed by atoms with Crippen LogP contribution < -0.4 is 5.32 Å². The number of nitrogens with one attached hydrogen (secondary N) is 1. The molecule has 102 valence electrons. The van der Waals surface area contributed by atoms with Gasteiger partial charge in [-0.15, -0.1) is 0 Å². The molecule has 0 aromatic heterocycles. The number of rotatable bonds is 7. The second-order valence-corrected chi connectivity index (χ2v) is 4.43. The van der Waals surface area contributed by atoms with E-state index in [1.165, 1.54) is 0 Å². The predicted octanol–water partition coefficient (Wildman–Crippen LogP) is -1.78. The van der Waals surface area contributed by atoms with Gasteiger partial charge in [-0.3, -0.25) is 0 Å². The molecule has 1 fully saturated rings. The molecular formula is C11H23NO5. The summed E-state index contributed by atoms with van der Waals surface area (Å²) in [5.41, 5.74) is 0. The Labute approximate surface area is 101 Å². The van der Waals surface area contributed by atoms with Crippen LogP contribution in [-0.2, 0) is 4.74 Å². The third kappa shape index (κ3) is 5.29. The molecule has 1 rings (SSSR count). The topological polar surface area (TPSA) is 102 Å². The van der Waals surface area contributed by atoms with Crippen LogP contribution in [0.3, 0.4) is 0 Å². The standard InChI is InChI=1S/C11H23NO5/c13-4-1-9(14)11(16)10(15)7-12-8-2-5-17-6-3-8/h8-16H,1-7H2. The van der Waals surface area contributed by atoms with Crippen LogP contribution in [0.2, 0.25) is 0 Å². The van der Waals surface area contributed by atoms with Gasteiger partial charge in [-0.2, -0.15) is 0 Å². The van der Waals surface area contributed by atoms with E-state index in [0.717, 1.165) is 12.8 Å². The Morgan fingerprint density at radius 3 is 2.35 bits per heavy atom. The molecule has 17 heavy (non-hydrogen) atoms. The average molecular weight is 249 g/mol. The first kappa shape index (κ1) is 14.8. The monoisotopic (exact) mass is 249 g/mol. The number of aliphatic hydroxyl groups excluding tert-OH is 4. The van der Waals surface area contributed by atoms with Crippen molar-refractivity contribution in [1.82, 2.24) is 5.32 Å². The fourth-order valence-electron chi connectivity index (χ4n) is 1.87. The lowest BCUT2D eigenvalue weighted by atomic mass is 10.0. The van der Waals surface area contributed by atoms with Gasteiger partial charge in [0.2, 0.25) is 0 Å². The van der Waals surface area contributed by atoms with Crippen molar-refractivity contribution in [3.63, 3.8) is 0 Å². The molecule has 3 atom stereocenters. The molecule has 1 aliphatic rings. The van der Waals surface area contributed by atoms with Crippen LogP contribution in [0.4, 0.5) is 0 Å². The van der Waals surface area contributed by atoms with Crippen molar-refractivity contribution < 1.29 is 25.2 Å². The Bertz CT molecular complexity index is 198. The fraction of sp³-hybridized carbons (Fsp3) is 1.00. The summed E-state index contributed by atoms with van der Waals surface area (Å²) in [7, 11) is 0. The zero-order valence-electron chi connectivity index (χ0n) is 9.96. The van der Waals surface area contributed by atoms with Gasteiger partial charge in [-0.25, -0.2) is 0 Å². The molecule has 1 heterocycles. The van der Waals surface area contributed by atoms with Crippen LogP contribution in [-0.4, -0.2) is 71.1 Å². The Kier molecular flexibility index (Phi) is 6.94. The maximum Gasteiger partial charge on any atom is 0.107 e. The first-order valence-corrected chi connectivity index (χ1v) is 6.11. The van der Waals surface area contributed by atoms with Crippen LogP contribution >= 0.6 is 0 Å². The lowest BCUT2D eigenvalue weighted by Gasteiger charge is -2.27. The zero-order chi connectivity index (χ0) is 12.7. The van der Waals surface area contributed by atoms with Crippen LogP contribution in [0.1, 0.15) is 19.3 Å². The lowest BCUT2D eigenvalue weighted by molar-refractivity contribution is -0.0658. The van der Waals surface area contributed by atoms with Gasteiger partial charge in [-0.05, 0) is 19.3 Å². The quantitative estimate of drug-likeness (QED) is 0.366. The van der Waals surface area contributed by atoms with Crippen LogP contribution in [0.5, 0.6) is 0 Å². The Morgan fingerprint density at radius 1 is 1.12 bits per heavy atom. The van der Waals surface area contributed by atoms with Gasteiger partial charge in [0, 0.05) is 32.4 Å². The number of hydrogen-bond donors (Lipinski definition) is 5. The first-order valence-electron chi connectivity index (χ1n) is 6.11. The van der Waals surface area contributed by atoms with Gasteiger partial charge < -0.3 is 30.5 Å². The van der Waals surface area contributed by atoms with Crippen molar-refractivity contribution in [3.8, 4) is 0 Å². The normalized spacial score (nSPS) is 23.3. The molecule has 6 nitrogen and oxygen atoms in total. The summed E-state index contributed by atoms with van der Waals surface area (Å²) in [6.07, 6.45) is -1.50. The van der Waals surface area contributed by atoms with Crippen molar-refractivity contribution in [3.05, 3.63) is 0 Å². The molecule has 0 saturated carbocycles. The van der Waals surface area contributed by atoms with E-state index in [0.29, 0.717) is 19.3 Å². The molecule has 0 aliphatic carbocycles. The minimum Gasteiger partial charge on any atom is -0.396 e. The smallest absolute Gasteiger partial charge is 0.107 e. The van der Waals surface area contributed by atoms with E-state index in [2.05, 4.69) is 5.32 Å². The van der Waals surface area contributed by atoms with Gasteiger partial charge in [0.1, 0.15) is 6.10 Å². The largest absolute Gasteiger partial charge is 0.396 e. The molecule has 3 unspecified atom stereocenters.